The van der Waals surface area contributed by atoms with Crippen LogP contribution < -0.4 is 11.0 Å². The summed E-state index contributed by atoms with van der Waals surface area (Å²) in [5.74, 6) is 0.654. The first-order valence-corrected chi connectivity index (χ1v) is 10.1. The Morgan fingerprint density at radius 3 is 2.70 bits per heavy atom. The van der Waals surface area contributed by atoms with Crippen LogP contribution in [0.3, 0.4) is 0 Å². The van der Waals surface area contributed by atoms with Crippen molar-refractivity contribution in [1.29, 1.82) is 0 Å². The maximum absolute atomic E-state index is 12.8. The van der Waals surface area contributed by atoms with Gasteiger partial charge in [0.1, 0.15) is 22.6 Å². The minimum atomic E-state index is -0.436. The number of fused-ring (bicyclic) bond motifs is 3. The Morgan fingerprint density at radius 1 is 1.09 bits per heavy atom. The summed E-state index contributed by atoms with van der Waals surface area (Å²) in [6.07, 6.45) is 1.64. The van der Waals surface area contributed by atoms with E-state index in [0.717, 1.165) is 11.1 Å². The molecule has 5 aromatic rings. The van der Waals surface area contributed by atoms with Crippen molar-refractivity contribution in [3.8, 4) is 5.75 Å². The smallest absolute Gasteiger partial charge is 0.328 e. The van der Waals surface area contributed by atoms with Gasteiger partial charge in [-0.2, -0.15) is 0 Å². The summed E-state index contributed by atoms with van der Waals surface area (Å²) in [5, 5.41) is 24.5. The maximum atomic E-state index is 12.8. The average Bonchev–Trinajstić information content (AvgIpc) is 3.14. The first kappa shape index (κ1) is 20.2. The number of aromatic amines is 1. The molecule has 0 amide bonds. The summed E-state index contributed by atoms with van der Waals surface area (Å²) in [4.78, 5) is 35.4. The first-order chi connectivity index (χ1) is 16.0. The predicted octanol–water partition coefficient (Wildman–Crippen LogP) is 3.55. The van der Waals surface area contributed by atoms with Gasteiger partial charge in [0.05, 0.1) is 11.5 Å². The Bertz CT molecular complexity index is 1560. The Morgan fingerprint density at radius 2 is 1.91 bits per heavy atom. The zero-order valence-corrected chi connectivity index (χ0v) is 17.2. The molecule has 33 heavy (non-hydrogen) atoms. The Labute approximate surface area is 186 Å². The monoisotopic (exact) mass is 442 g/mol. The quantitative estimate of drug-likeness (QED) is 0.270. The summed E-state index contributed by atoms with van der Waals surface area (Å²) in [6.45, 7) is 0.561. The number of benzene rings is 2. The van der Waals surface area contributed by atoms with E-state index in [1.54, 1.807) is 48.7 Å². The molecule has 0 aliphatic rings. The largest absolute Gasteiger partial charge is 0.508 e. The number of nitrogens with one attached hydrogen (secondary N) is 2. The maximum Gasteiger partial charge on any atom is 0.328 e. The van der Waals surface area contributed by atoms with Crippen LogP contribution in [-0.4, -0.2) is 29.5 Å². The van der Waals surface area contributed by atoms with Gasteiger partial charge >= 0.3 is 5.69 Å². The van der Waals surface area contributed by atoms with Crippen LogP contribution in [0.4, 0.5) is 11.5 Å². The zero-order valence-electron chi connectivity index (χ0n) is 17.2. The summed E-state index contributed by atoms with van der Waals surface area (Å²) < 4.78 is 1.51. The van der Waals surface area contributed by atoms with Gasteiger partial charge in [0, 0.05) is 30.3 Å². The van der Waals surface area contributed by atoms with Gasteiger partial charge in [0.2, 0.25) is 0 Å². The normalized spacial score (nSPS) is 11.2. The number of H-pyrrole nitrogens is 1. The highest BCUT2D eigenvalue weighted by molar-refractivity contribution is 6.05. The fourth-order valence-electron chi connectivity index (χ4n) is 3.74. The lowest BCUT2D eigenvalue weighted by Crippen LogP contribution is -2.17. The average molecular weight is 442 g/mol. The van der Waals surface area contributed by atoms with Gasteiger partial charge in [0.25, 0.3) is 5.69 Å². The van der Waals surface area contributed by atoms with Crippen LogP contribution in [0.15, 0.2) is 71.7 Å². The number of nitro groups is 1. The summed E-state index contributed by atoms with van der Waals surface area (Å²) in [7, 11) is 0. The molecule has 0 aliphatic carbocycles. The van der Waals surface area contributed by atoms with Crippen molar-refractivity contribution in [3.05, 3.63) is 98.6 Å². The number of nitro benzene ring substituents is 1. The van der Waals surface area contributed by atoms with E-state index in [2.05, 4.69) is 15.3 Å². The fraction of sp³-hybridized carbons (Fsp3) is 0.0870. The molecule has 0 saturated heterocycles. The van der Waals surface area contributed by atoms with E-state index in [9.17, 15) is 20.0 Å². The molecule has 164 valence electrons. The summed E-state index contributed by atoms with van der Waals surface area (Å²) >= 11 is 0. The molecule has 10 nitrogen and oxygen atoms in total. The number of aromatic nitrogens is 4. The van der Waals surface area contributed by atoms with Crippen molar-refractivity contribution < 1.29 is 10.0 Å². The van der Waals surface area contributed by atoms with Crippen LogP contribution in [-0.2, 0) is 13.1 Å². The number of imidazole rings is 1. The third-order valence-electron chi connectivity index (χ3n) is 5.33. The van der Waals surface area contributed by atoms with E-state index in [0.29, 0.717) is 34.4 Å². The third kappa shape index (κ3) is 3.85. The van der Waals surface area contributed by atoms with Crippen LogP contribution in [0, 0.1) is 10.1 Å². The van der Waals surface area contributed by atoms with Crippen molar-refractivity contribution in [1.82, 2.24) is 19.5 Å². The highest BCUT2D eigenvalue weighted by Gasteiger charge is 2.16. The number of aromatic hydroxyl groups is 1. The highest BCUT2D eigenvalue weighted by atomic mass is 16.6. The topological polar surface area (TPSA) is 139 Å². The van der Waals surface area contributed by atoms with Crippen LogP contribution in [0.5, 0.6) is 5.75 Å². The molecule has 0 aliphatic heterocycles. The first-order valence-electron chi connectivity index (χ1n) is 10.1. The van der Waals surface area contributed by atoms with Crippen LogP contribution in [0.25, 0.3) is 22.1 Å². The van der Waals surface area contributed by atoms with Crippen molar-refractivity contribution in [2.45, 2.75) is 13.1 Å². The Hall–Kier alpha value is -4.73. The molecular weight excluding hydrogens is 424 g/mol. The predicted molar refractivity (Wildman–Crippen MR) is 123 cm³/mol. The van der Waals surface area contributed by atoms with Crippen molar-refractivity contribution in [2.75, 3.05) is 5.32 Å². The summed E-state index contributed by atoms with van der Waals surface area (Å²) in [6, 6.07) is 16.6. The van der Waals surface area contributed by atoms with Gasteiger partial charge in [-0.25, -0.2) is 9.78 Å². The lowest BCUT2D eigenvalue weighted by atomic mass is 10.2. The van der Waals surface area contributed by atoms with Crippen molar-refractivity contribution in [3.63, 3.8) is 0 Å². The molecule has 0 saturated carbocycles. The van der Waals surface area contributed by atoms with E-state index in [4.69, 9.17) is 4.98 Å². The number of pyridine rings is 2. The second kappa shape index (κ2) is 8.08. The number of phenolic OH excluding ortho intramolecular Hbond substituents is 1. The van der Waals surface area contributed by atoms with E-state index >= 15 is 0 Å². The molecule has 0 fully saturated rings. The molecule has 2 aromatic carbocycles. The molecule has 5 rings (SSSR count). The number of anilines is 1. The zero-order chi connectivity index (χ0) is 22.9. The molecule has 0 unspecified atom stereocenters. The minimum Gasteiger partial charge on any atom is -0.508 e. The van der Waals surface area contributed by atoms with Gasteiger partial charge in [0.15, 0.2) is 5.65 Å². The van der Waals surface area contributed by atoms with Gasteiger partial charge in [-0.3, -0.25) is 19.7 Å². The second-order valence-corrected chi connectivity index (χ2v) is 7.52. The standard InChI is InChI=1S/C23H18N6O4/c30-17-8-6-14(7-9-17)13-28-22-20(26-23(28)31)19-18(5-2-10-24-19)21(27-22)25-12-15-3-1-4-16(11-15)29(32)33/h1-11,30H,12-13H2,(H,25,27)(H,26,31). The van der Waals surface area contributed by atoms with E-state index in [1.165, 1.54) is 16.7 Å². The molecule has 0 spiro atoms. The fourth-order valence-corrected chi connectivity index (χ4v) is 3.74. The third-order valence-corrected chi connectivity index (χ3v) is 5.33. The number of phenols is 1. The van der Waals surface area contributed by atoms with Gasteiger partial charge < -0.3 is 15.4 Å². The molecule has 3 N–H and O–H groups in total. The van der Waals surface area contributed by atoms with Crippen molar-refractivity contribution >= 4 is 33.6 Å². The van der Waals surface area contributed by atoms with Gasteiger partial charge in [-0.15, -0.1) is 0 Å². The molecule has 0 atom stereocenters. The second-order valence-electron chi connectivity index (χ2n) is 7.52. The molecule has 3 heterocycles. The molecule has 10 heteroatoms. The number of rotatable bonds is 6. The minimum absolute atomic E-state index is 0.0117. The molecule has 0 radical (unpaired) electrons. The van der Waals surface area contributed by atoms with Crippen LogP contribution in [0.2, 0.25) is 0 Å². The van der Waals surface area contributed by atoms with Gasteiger partial charge in [-0.05, 0) is 35.4 Å². The Kier molecular flexibility index (Phi) is 4.94. The lowest BCUT2D eigenvalue weighted by Gasteiger charge is -2.11. The van der Waals surface area contributed by atoms with Crippen LogP contribution in [0.1, 0.15) is 11.1 Å². The number of non-ortho nitro benzene ring substituents is 1. The highest BCUT2D eigenvalue weighted by Crippen LogP contribution is 2.27. The number of nitrogens with zero attached hydrogens (tertiary/aromatic N) is 4. The number of hydrogen-bond donors (Lipinski definition) is 3. The van der Waals surface area contributed by atoms with Crippen LogP contribution >= 0.6 is 0 Å². The molecular formula is C23H18N6O4. The molecule has 0 bridgehead atoms. The van der Waals surface area contributed by atoms with E-state index in [-0.39, 0.29) is 23.7 Å². The number of hydrogen-bond acceptors (Lipinski definition) is 7. The van der Waals surface area contributed by atoms with E-state index in [1.807, 2.05) is 6.07 Å². The summed E-state index contributed by atoms with van der Waals surface area (Å²) in [5.41, 5.74) is 2.77. The molecule has 3 aromatic heterocycles. The van der Waals surface area contributed by atoms with Gasteiger partial charge in [-0.1, -0.05) is 24.3 Å². The SMILES string of the molecule is O=c1[nH]c2c3ncccc3c(NCc3cccc([N+](=O)[O-])c3)nc2n1Cc1ccc(O)cc1. The van der Waals surface area contributed by atoms with Crippen molar-refractivity contribution in [2.24, 2.45) is 0 Å². The lowest BCUT2D eigenvalue weighted by molar-refractivity contribution is -0.384. The van der Waals surface area contributed by atoms with E-state index < -0.39 is 4.92 Å². The Balaban J connectivity index is 1.57.